The highest BCUT2D eigenvalue weighted by molar-refractivity contribution is 5.91. The lowest BCUT2D eigenvalue weighted by Crippen LogP contribution is -2.18. The fourth-order valence-corrected chi connectivity index (χ4v) is 1.03. The predicted octanol–water partition coefficient (Wildman–Crippen LogP) is 0.274. The first-order chi connectivity index (χ1) is 7.54. The number of rotatable bonds is 4. The van der Waals surface area contributed by atoms with Crippen LogP contribution in [0.1, 0.15) is 17.4 Å². The molecule has 1 rings (SSSR count). The van der Waals surface area contributed by atoms with Gasteiger partial charge in [0.25, 0.3) is 5.91 Å². The van der Waals surface area contributed by atoms with Crippen molar-refractivity contribution >= 4 is 11.9 Å². The van der Waals surface area contributed by atoms with Gasteiger partial charge in [0, 0.05) is 18.8 Å². The lowest BCUT2D eigenvalue weighted by atomic mass is 10.3. The maximum absolute atomic E-state index is 11.2. The van der Waals surface area contributed by atoms with Crippen molar-refractivity contribution in [3.8, 4) is 0 Å². The van der Waals surface area contributed by atoms with Gasteiger partial charge in [-0.1, -0.05) is 6.08 Å². The Hall–Kier alpha value is -2.11. The molecule has 0 aromatic carbocycles. The van der Waals surface area contributed by atoms with Gasteiger partial charge in [-0.05, 0) is 13.0 Å². The average molecular weight is 223 g/mol. The van der Waals surface area contributed by atoms with Crippen LogP contribution in [0.2, 0.25) is 0 Å². The summed E-state index contributed by atoms with van der Waals surface area (Å²) in [6, 6.07) is 1.57. The number of amides is 1. The molecule has 0 fully saturated rings. The van der Waals surface area contributed by atoms with Gasteiger partial charge in [-0.3, -0.25) is 9.48 Å². The van der Waals surface area contributed by atoms with E-state index in [2.05, 4.69) is 10.4 Å². The molecule has 1 aromatic rings. The molecular weight excluding hydrogens is 210 g/mol. The highest BCUT2D eigenvalue weighted by Gasteiger charge is 2.06. The van der Waals surface area contributed by atoms with E-state index in [1.54, 1.807) is 12.3 Å². The van der Waals surface area contributed by atoms with E-state index < -0.39 is 5.97 Å². The number of nitrogens with one attached hydrogen (secondary N) is 1. The van der Waals surface area contributed by atoms with Crippen LogP contribution < -0.4 is 5.32 Å². The Balaban J connectivity index is 2.70. The normalized spacial score (nSPS) is 11.2. The van der Waals surface area contributed by atoms with Crippen LogP contribution in [0.5, 0.6) is 0 Å². The third-order valence-corrected chi connectivity index (χ3v) is 2.02. The number of carboxylic acids is 1. The molecule has 0 spiro atoms. The van der Waals surface area contributed by atoms with Gasteiger partial charge in [0.05, 0.1) is 6.54 Å². The summed E-state index contributed by atoms with van der Waals surface area (Å²) in [5.74, 6) is -1.23. The summed E-state index contributed by atoms with van der Waals surface area (Å²) >= 11 is 0. The molecule has 0 atom stereocenters. The third kappa shape index (κ3) is 2.94. The van der Waals surface area contributed by atoms with Crippen molar-refractivity contribution in [3.05, 3.63) is 29.6 Å². The number of carboxylic acid groups (broad SMARTS) is 1. The van der Waals surface area contributed by atoms with Crippen LogP contribution in [0.3, 0.4) is 0 Å². The van der Waals surface area contributed by atoms with E-state index in [1.807, 2.05) is 0 Å². The quantitative estimate of drug-likeness (QED) is 0.718. The van der Waals surface area contributed by atoms with Crippen molar-refractivity contribution < 1.29 is 14.7 Å². The number of carbonyl (C=O) groups excluding carboxylic acids is 1. The Morgan fingerprint density at radius 2 is 2.31 bits per heavy atom. The molecule has 16 heavy (non-hydrogen) atoms. The van der Waals surface area contributed by atoms with Crippen molar-refractivity contribution in [2.45, 2.75) is 13.5 Å². The summed E-state index contributed by atoms with van der Waals surface area (Å²) in [7, 11) is 1.52. The Bertz CT molecular complexity index is 434. The zero-order valence-electron chi connectivity index (χ0n) is 9.10. The van der Waals surface area contributed by atoms with Gasteiger partial charge in [0.15, 0.2) is 0 Å². The summed E-state index contributed by atoms with van der Waals surface area (Å²) in [5, 5.41) is 15.1. The van der Waals surface area contributed by atoms with Crippen LogP contribution in [-0.4, -0.2) is 33.8 Å². The van der Waals surface area contributed by atoms with Gasteiger partial charge in [-0.25, -0.2) is 4.79 Å². The lowest BCUT2D eigenvalue weighted by Gasteiger charge is -1.97. The van der Waals surface area contributed by atoms with Crippen LogP contribution in [0, 0.1) is 0 Å². The van der Waals surface area contributed by atoms with E-state index in [-0.39, 0.29) is 11.5 Å². The number of allylic oxidation sites excluding steroid dienone is 1. The number of nitrogens with zero attached hydrogens (tertiary/aromatic N) is 2. The Kier molecular flexibility index (Phi) is 3.82. The predicted molar refractivity (Wildman–Crippen MR) is 57.0 cm³/mol. The molecule has 0 unspecified atom stereocenters. The van der Waals surface area contributed by atoms with Crippen molar-refractivity contribution in [1.29, 1.82) is 0 Å². The highest BCUT2D eigenvalue weighted by atomic mass is 16.4. The van der Waals surface area contributed by atoms with E-state index >= 15 is 0 Å². The monoisotopic (exact) mass is 223 g/mol. The van der Waals surface area contributed by atoms with Crippen molar-refractivity contribution in [3.63, 3.8) is 0 Å². The summed E-state index contributed by atoms with van der Waals surface area (Å²) in [5.41, 5.74) is 0.556. The Labute approximate surface area is 92.6 Å². The average Bonchev–Trinajstić information content (AvgIpc) is 2.73. The summed E-state index contributed by atoms with van der Waals surface area (Å²) in [4.78, 5) is 21.7. The third-order valence-electron chi connectivity index (χ3n) is 2.02. The van der Waals surface area contributed by atoms with Gasteiger partial charge in [-0.15, -0.1) is 0 Å². The Morgan fingerprint density at radius 3 is 2.88 bits per heavy atom. The van der Waals surface area contributed by atoms with E-state index in [9.17, 15) is 9.59 Å². The molecule has 1 aromatic heterocycles. The molecule has 2 N–H and O–H groups in total. The van der Waals surface area contributed by atoms with Crippen molar-refractivity contribution in [2.75, 3.05) is 7.05 Å². The molecule has 1 heterocycles. The molecule has 0 saturated carbocycles. The van der Waals surface area contributed by atoms with Crippen LogP contribution in [-0.2, 0) is 11.3 Å². The molecule has 0 aliphatic heterocycles. The standard InChI is InChI=1S/C10H13N3O3/c1-7(10(15)16)3-5-13-6-4-8(12-13)9(14)11-2/h3-4,6H,5H2,1-2H3,(H,11,14)(H,15,16). The second-order valence-electron chi connectivity index (χ2n) is 3.19. The molecule has 6 nitrogen and oxygen atoms in total. The largest absolute Gasteiger partial charge is 0.478 e. The number of aliphatic carboxylic acids is 1. The van der Waals surface area contributed by atoms with Crippen molar-refractivity contribution in [1.82, 2.24) is 15.1 Å². The first-order valence-corrected chi connectivity index (χ1v) is 4.70. The minimum Gasteiger partial charge on any atom is -0.478 e. The van der Waals surface area contributed by atoms with Crippen LogP contribution in [0.25, 0.3) is 0 Å². The second-order valence-corrected chi connectivity index (χ2v) is 3.19. The molecule has 86 valence electrons. The first-order valence-electron chi connectivity index (χ1n) is 4.70. The summed E-state index contributed by atoms with van der Waals surface area (Å²) in [6.07, 6.45) is 3.15. The van der Waals surface area contributed by atoms with Gasteiger partial charge in [-0.2, -0.15) is 5.10 Å². The number of aromatic nitrogens is 2. The van der Waals surface area contributed by atoms with E-state index in [0.717, 1.165) is 0 Å². The maximum atomic E-state index is 11.2. The van der Waals surface area contributed by atoms with Gasteiger partial charge >= 0.3 is 5.97 Å². The molecule has 0 aliphatic carbocycles. The van der Waals surface area contributed by atoms with Crippen LogP contribution in [0.15, 0.2) is 23.9 Å². The second kappa shape index (κ2) is 5.11. The zero-order chi connectivity index (χ0) is 12.1. The summed E-state index contributed by atoms with van der Waals surface area (Å²) < 4.78 is 1.50. The van der Waals surface area contributed by atoms with Gasteiger partial charge < -0.3 is 10.4 Å². The molecule has 0 saturated heterocycles. The molecule has 0 bridgehead atoms. The maximum Gasteiger partial charge on any atom is 0.331 e. The molecule has 1 amide bonds. The fourth-order valence-electron chi connectivity index (χ4n) is 1.03. The fraction of sp³-hybridized carbons (Fsp3) is 0.300. The highest BCUT2D eigenvalue weighted by Crippen LogP contribution is 1.98. The van der Waals surface area contributed by atoms with Crippen LogP contribution in [0.4, 0.5) is 0 Å². The minimum absolute atomic E-state index is 0.247. The van der Waals surface area contributed by atoms with E-state index in [1.165, 1.54) is 24.7 Å². The van der Waals surface area contributed by atoms with Crippen molar-refractivity contribution in [2.24, 2.45) is 0 Å². The van der Waals surface area contributed by atoms with E-state index in [0.29, 0.717) is 12.2 Å². The molecule has 6 heteroatoms. The zero-order valence-corrected chi connectivity index (χ0v) is 9.10. The first kappa shape index (κ1) is 12.0. The number of hydrogen-bond acceptors (Lipinski definition) is 3. The van der Waals surface area contributed by atoms with E-state index in [4.69, 9.17) is 5.11 Å². The Morgan fingerprint density at radius 1 is 1.62 bits per heavy atom. The smallest absolute Gasteiger partial charge is 0.331 e. The SMILES string of the molecule is CNC(=O)c1ccn(CC=C(C)C(=O)O)n1. The van der Waals surface area contributed by atoms with Gasteiger partial charge in [0.2, 0.25) is 0 Å². The molecule has 0 radical (unpaired) electrons. The summed E-state index contributed by atoms with van der Waals surface area (Å²) in [6.45, 7) is 1.83. The minimum atomic E-state index is -0.960. The lowest BCUT2D eigenvalue weighted by molar-refractivity contribution is -0.132. The number of hydrogen-bond donors (Lipinski definition) is 2. The number of carbonyl (C=O) groups is 2. The van der Waals surface area contributed by atoms with Crippen LogP contribution >= 0.6 is 0 Å². The topological polar surface area (TPSA) is 84.2 Å². The van der Waals surface area contributed by atoms with Gasteiger partial charge in [0.1, 0.15) is 5.69 Å². The molecule has 0 aliphatic rings. The molecular formula is C10H13N3O3.